The summed E-state index contributed by atoms with van der Waals surface area (Å²) in [6.07, 6.45) is 3.33. The minimum absolute atomic E-state index is 0.0402. The molecule has 0 bridgehead atoms. The maximum absolute atomic E-state index is 12.8. The number of fused-ring (bicyclic) bond motifs is 1. The second-order valence-corrected chi connectivity index (χ2v) is 7.25. The van der Waals surface area contributed by atoms with Gasteiger partial charge in [0.05, 0.1) is 7.11 Å². The van der Waals surface area contributed by atoms with Crippen LogP contribution < -0.4 is 15.4 Å². The van der Waals surface area contributed by atoms with E-state index in [0.29, 0.717) is 11.3 Å². The van der Waals surface area contributed by atoms with Crippen LogP contribution in [0, 0.1) is 5.92 Å². The molecular weight excluding hydrogens is 340 g/mol. The molecule has 0 aromatic heterocycles. The number of methoxy groups -OCH3 is 1. The van der Waals surface area contributed by atoms with Gasteiger partial charge in [0.1, 0.15) is 11.8 Å². The van der Waals surface area contributed by atoms with E-state index in [1.165, 1.54) is 17.5 Å². The highest BCUT2D eigenvalue weighted by Crippen LogP contribution is 2.25. The SMILES string of the molecule is COc1ccc(C(=O)N[C@H](C(=O)Nc2ccc3c(c2)CCC3)C(C)C)cc1. The summed E-state index contributed by atoms with van der Waals surface area (Å²) >= 11 is 0. The summed E-state index contributed by atoms with van der Waals surface area (Å²) in [6, 6.07) is 12.3. The Morgan fingerprint density at radius 2 is 1.70 bits per heavy atom. The molecule has 2 aromatic carbocycles. The number of aryl methyl sites for hydroxylation is 2. The number of ether oxygens (including phenoxy) is 1. The summed E-state index contributed by atoms with van der Waals surface area (Å²) in [7, 11) is 1.58. The van der Waals surface area contributed by atoms with Crippen LogP contribution in [-0.2, 0) is 17.6 Å². The predicted molar refractivity (Wildman–Crippen MR) is 106 cm³/mol. The van der Waals surface area contributed by atoms with Gasteiger partial charge in [-0.25, -0.2) is 0 Å². The first kappa shape index (κ1) is 19.0. The molecule has 0 radical (unpaired) electrons. The highest BCUT2D eigenvalue weighted by molar-refractivity contribution is 6.01. The van der Waals surface area contributed by atoms with Crippen LogP contribution >= 0.6 is 0 Å². The van der Waals surface area contributed by atoms with E-state index in [4.69, 9.17) is 4.74 Å². The van der Waals surface area contributed by atoms with Gasteiger partial charge in [0.2, 0.25) is 5.91 Å². The van der Waals surface area contributed by atoms with Gasteiger partial charge in [0.15, 0.2) is 0 Å². The van der Waals surface area contributed by atoms with E-state index in [-0.39, 0.29) is 17.7 Å². The summed E-state index contributed by atoms with van der Waals surface area (Å²) in [5.41, 5.74) is 3.94. The highest BCUT2D eigenvalue weighted by atomic mass is 16.5. The Labute approximate surface area is 160 Å². The van der Waals surface area contributed by atoms with Crippen molar-refractivity contribution in [1.82, 2.24) is 5.32 Å². The van der Waals surface area contributed by atoms with E-state index in [2.05, 4.69) is 16.7 Å². The Balaban J connectivity index is 1.68. The summed E-state index contributed by atoms with van der Waals surface area (Å²) in [4.78, 5) is 25.3. The van der Waals surface area contributed by atoms with Crippen LogP contribution in [0.15, 0.2) is 42.5 Å². The number of hydrogen-bond acceptors (Lipinski definition) is 3. The topological polar surface area (TPSA) is 67.4 Å². The fraction of sp³-hybridized carbons (Fsp3) is 0.364. The molecule has 142 valence electrons. The Kier molecular flexibility index (Phi) is 5.79. The third kappa shape index (κ3) is 4.48. The molecule has 2 N–H and O–H groups in total. The zero-order chi connectivity index (χ0) is 19.4. The molecule has 0 spiro atoms. The van der Waals surface area contributed by atoms with Gasteiger partial charge in [0.25, 0.3) is 5.91 Å². The number of benzene rings is 2. The summed E-state index contributed by atoms with van der Waals surface area (Å²) in [5.74, 6) is 0.160. The normalized spacial score (nSPS) is 13.8. The number of rotatable bonds is 6. The fourth-order valence-electron chi connectivity index (χ4n) is 3.37. The quantitative estimate of drug-likeness (QED) is 0.821. The van der Waals surface area contributed by atoms with E-state index < -0.39 is 6.04 Å². The van der Waals surface area contributed by atoms with Crippen molar-refractivity contribution in [2.24, 2.45) is 5.92 Å². The first-order valence-corrected chi connectivity index (χ1v) is 9.35. The zero-order valence-corrected chi connectivity index (χ0v) is 16.0. The number of carbonyl (C=O) groups is 2. The first-order valence-electron chi connectivity index (χ1n) is 9.35. The third-order valence-electron chi connectivity index (χ3n) is 4.95. The smallest absolute Gasteiger partial charge is 0.251 e. The molecule has 0 unspecified atom stereocenters. The molecule has 1 aliphatic rings. The van der Waals surface area contributed by atoms with Crippen molar-refractivity contribution in [2.45, 2.75) is 39.2 Å². The number of amides is 2. The average molecular weight is 366 g/mol. The van der Waals surface area contributed by atoms with Crippen LogP contribution in [-0.4, -0.2) is 25.0 Å². The molecular formula is C22H26N2O3. The Morgan fingerprint density at radius 3 is 2.37 bits per heavy atom. The zero-order valence-electron chi connectivity index (χ0n) is 16.0. The molecule has 1 aliphatic carbocycles. The summed E-state index contributed by atoms with van der Waals surface area (Å²) in [5, 5.41) is 5.81. The monoisotopic (exact) mass is 366 g/mol. The predicted octanol–water partition coefficient (Wildman–Crippen LogP) is 3.58. The maximum atomic E-state index is 12.8. The molecule has 0 saturated carbocycles. The van der Waals surface area contributed by atoms with Crippen molar-refractivity contribution >= 4 is 17.5 Å². The van der Waals surface area contributed by atoms with E-state index in [9.17, 15) is 9.59 Å². The summed E-state index contributed by atoms with van der Waals surface area (Å²) in [6.45, 7) is 3.84. The molecule has 5 heteroatoms. The van der Waals surface area contributed by atoms with Crippen LogP contribution in [0.4, 0.5) is 5.69 Å². The molecule has 2 aromatic rings. The van der Waals surface area contributed by atoms with Crippen molar-refractivity contribution < 1.29 is 14.3 Å². The second kappa shape index (κ2) is 8.25. The lowest BCUT2D eigenvalue weighted by molar-refractivity contribution is -0.118. The van der Waals surface area contributed by atoms with Gasteiger partial charge < -0.3 is 15.4 Å². The molecule has 3 rings (SSSR count). The van der Waals surface area contributed by atoms with Crippen LogP contribution in [0.25, 0.3) is 0 Å². The van der Waals surface area contributed by atoms with Gasteiger partial charge in [-0.1, -0.05) is 19.9 Å². The molecule has 0 saturated heterocycles. The maximum Gasteiger partial charge on any atom is 0.251 e. The van der Waals surface area contributed by atoms with Crippen molar-refractivity contribution in [3.05, 3.63) is 59.2 Å². The number of nitrogens with one attached hydrogen (secondary N) is 2. The Hall–Kier alpha value is -2.82. The lowest BCUT2D eigenvalue weighted by atomic mass is 10.0. The Bertz CT molecular complexity index is 828. The minimum atomic E-state index is -0.618. The van der Waals surface area contributed by atoms with Crippen molar-refractivity contribution in [2.75, 3.05) is 12.4 Å². The molecule has 1 atom stereocenters. The Morgan fingerprint density at radius 1 is 1.00 bits per heavy atom. The lowest BCUT2D eigenvalue weighted by Gasteiger charge is -2.22. The van der Waals surface area contributed by atoms with Crippen molar-refractivity contribution in [1.29, 1.82) is 0 Å². The first-order chi connectivity index (χ1) is 13.0. The van der Waals surface area contributed by atoms with Gasteiger partial charge in [-0.3, -0.25) is 9.59 Å². The van der Waals surface area contributed by atoms with Gasteiger partial charge in [-0.2, -0.15) is 0 Å². The summed E-state index contributed by atoms with van der Waals surface area (Å²) < 4.78 is 5.11. The van der Waals surface area contributed by atoms with Gasteiger partial charge in [-0.05, 0) is 72.7 Å². The van der Waals surface area contributed by atoms with Gasteiger partial charge in [-0.15, -0.1) is 0 Å². The van der Waals surface area contributed by atoms with E-state index in [1.807, 2.05) is 26.0 Å². The van der Waals surface area contributed by atoms with Crippen LogP contribution in [0.3, 0.4) is 0 Å². The lowest BCUT2D eigenvalue weighted by Crippen LogP contribution is -2.47. The van der Waals surface area contributed by atoms with Crippen LogP contribution in [0.1, 0.15) is 41.8 Å². The van der Waals surface area contributed by atoms with E-state index in [0.717, 1.165) is 18.5 Å². The number of carbonyl (C=O) groups excluding carboxylic acids is 2. The van der Waals surface area contributed by atoms with Gasteiger partial charge in [0, 0.05) is 11.3 Å². The average Bonchev–Trinajstić information content (AvgIpc) is 3.13. The molecule has 0 fully saturated rings. The van der Waals surface area contributed by atoms with E-state index >= 15 is 0 Å². The van der Waals surface area contributed by atoms with Crippen molar-refractivity contribution in [3.63, 3.8) is 0 Å². The number of hydrogen-bond donors (Lipinski definition) is 2. The van der Waals surface area contributed by atoms with Crippen LogP contribution in [0.2, 0.25) is 0 Å². The molecule has 5 nitrogen and oxygen atoms in total. The second-order valence-electron chi connectivity index (χ2n) is 7.25. The fourth-order valence-corrected chi connectivity index (χ4v) is 3.37. The molecule has 27 heavy (non-hydrogen) atoms. The van der Waals surface area contributed by atoms with Crippen LogP contribution in [0.5, 0.6) is 5.75 Å². The third-order valence-corrected chi connectivity index (χ3v) is 4.95. The highest BCUT2D eigenvalue weighted by Gasteiger charge is 2.25. The molecule has 2 amide bonds. The van der Waals surface area contributed by atoms with E-state index in [1.54, 1.807) is 31.4 Å². The number of anilines is 1. The molecule has 0 heterocycles. The largest absolute Gasteiger partial charge is 0.497 e. The van der Waals surface area contributed by atoms with Crippen molar-refractivity contribution in [3.8, 4) is 5.75 Å². The molecule has 0 aliphatic heterocycles. The van der Waals surface area contributed by atoms with Gasteiger partial charge >= 0.3 is 0 Å². The standard InChI is InChI=1S/C22H26N2O3/c1-14(2)20(24-21(25)16-8-11-19(27-3)12-9-16)22(26)23-18-10-7-15-5-4-6-17(15)13-18/h7-14,20H,4-6H2,1-3H3,(H,23,26)(H,24,25)/t20-/m0/s1. The minimum Gasteiger partial charge on any atom is -0.497 e.